The van der Waals surface area contributed by atoms with E-state index in [-0.39, 0.29) is 11.0 Å². The molecule has 30 heavy (non-hydrogen) atoms. The molecule has 0 atom stereocenters. The molecule has 7 nitrogen and oxygen atoms in total. The second-order valence-electron chi connectivity index (χ2n) is 7.92. The molecular formula is C20H21N5O2S3. The van der Waals surface area contributed by atoms with Crippen molar-refractivity contribution in [2.24, 2.45) is 14.1 Å². The van der Waals surface area contributed by atoms with E-state index in [0.717, 1.165) is 20.1 Å². The van der Waals surface area contributed by atoms with Gasteiger partial charge in [-0.1, -0.05) is 38.6 Å². The third-order valence-corrected chi connectivity index (χ3v) is 7.52. The fourth-order valence-corrected chi connectivity index (χ4v) is 5.54. The van der Waals surface area contributed by atoms with E-state index in [1.54, 1.807) is 29.7 Å². The topological polar surface area (TPSA) is 82.7 Å². The molecule has 0 radical (unpaired) electrons. The van der Waals surface area contributed by atoms with Crippen LogP contribution in [0.4, 0.5) is 0 Å². The van der Waals surface area contributed by atoms with Crippen molar-refractivity contribution >= 4 is 45.5 Å². The van der Waals surface area contributed by atoms with Crippen molar-refractivity contribution in [2.75, 3.05) is 0 Å². The van der Waals surface area contributed by atoms with Gasteiger partial charge in [0.1, 0.15) is 21.2 Å². The number of rotatable bonds is 4. The number of aromatic nitrogens is 5. The molecule has 156 valence electrons. The summed E-state index contributed by atoms with van der Waals surface area (Å²) in [6.07, 6.45) is 0. The Balaban J connectivity index is 1.79. The van der Waals surface area contributed by atoms with Crippen LogP contribution in [0.15, 0.2) is 37.5 Å². The first kappa shape index (κ1) is 21.0. The molecule has 0 aliphatic carbocycles. The first-order valence-electron chi connectivity index (χ1n) is 9.26. The Hall–Kier alpha value is -2.30. The SMILES string of the molecule is Cn1c(=O)c2c(SCc3csc(-c4cccs4)n3)nc(C(C)(C)C)nc2n(C)c1=O. The fraction of sp³-hybridized carbons (Fsp3) is 0.350. The third-order valence-electron chi connectivity index (χ3n) is 4.58. The highest BCUT2D eigenvalue weighted by atomic mass is 32.2. The number of aryl methyl sites for hydroxylation is 1. The molecule has 0 aliphatic heterocycles. The van der Waals surface area contributed by atoms with E-state index in [4.69, 9.17) is 9.97 Å². The van der Waals surface area contributed by atoms with Crippen LogP contribution in [-0.2, 0) is 25.3 Å². The Morgan fingerprint density at radius 3 is 2.50 bits per heavy atom. The van der Waals surface area contributed by atoms with Crippen molar-refractivity contribution in [3.63, 3.8) is 0 Å². The molecule has 0 aliphatic rings. The van der Waals surface area contributed by atoms with Gasteiger partial charge in [0.05, 0.1) is 10.6 Å². The predicted octanol–water partition coefficient (Wildman–Crippen LogP) is 3.80. The van der Waals surface area contributed by atoms with Crippen LogP contribution >= 0.6 is 34.4 Å². The second-order valence-corrected chi connectivity index (χ2v) is 10.7. The molecule has 4 rings (SSSR count). The Bertz CT molecular complexity index is 1340. The van der Waals surface area contributed by atoms with Gasteiger partial charge in [0.2, 0.25) is 0 Å². The molecule has 0 N–H and O–H groups in total. The number of nitrogens with zero attached hydrogens (tertiary/aromatic N) is 5. The summed E-state index contributed by atoms with van der Waals surface area (Å²) < 4.78 is 2.51. The van der Waals surface area contributed by atoms with Crippen LogP contribution in [0, 0.1) is 0 Å². The average molecular weight is 460 g/mol. The molecule has 0 unspecified atom stereocenters. The van der Waals surface area contributed by atoms with E-state index in [9.17, 15) is 9.59 Å². The minimum atomic E-state index is -0.401. The van der Waals surface area contributed by atoms with Gasteiger partial charge in [0.15, 0.2) is 5.65 Å². The number of thiophene rings is 1. The minimum absolute atomic E-state index is 0.326. The highest BCUT2D eigenvalue weighted by Gasteiger charge is 2.23. The van der Waals surface area contributed by atoms with Crippen molar-refractivity contribution in [3.8, 4) is 9.88 Å². The Morgan fingerprint density at radius 2 is 1.83 bits per heavy atom. The van der Waals surface area contributed by atoms with Gasteiger partial charge in [-0.15, -0.1) is 22.7 Å². The van der Waals surface area contributed by atoms with Gasteiger partial charge < -0.3 is 0 Å². The number of thioether (sulfide) groups is 1. The summed E-state index contributed by atoms with van der Waals surface area (Å²) in [6, 6.07) is 4.06. The molecule has 4 aromatic rings. The zero-order valence-corrected chi connectivity index (χ0v) is 19.7. The highest BCUT2D eigenvalue weighted by molar-refractivity contribution is 7.98. The molecule has 0 saturated heterocycles. The van der Waals surface area contributed by atoms with E-state index in [1.807, 2.05) is 37.6 Å². The Morgan fingerprint density at radius 1 is 1.07 bits per heavy atom. The summed E-state index contributed by atoms with van der Waals surface area (Å²) in [5.74, 6) is 1.17. The zero-order chi connectivity index (χ0) is 21.6. The molecular weight excluding hydrogens is 438 g/mol. The lowest BCUT2D eigenvalue weighted by Gasteiger charge is -2.19. The van der Waals surface area contributed by atoms with Gasteiger partial charge in [0, 0.05) is 30.6 Å². The van der Waals surface area contributed by atoms with Gasteiger partial charge >= 0.3 is 5.69 Å². The van der Waals surface area contributed by atoms with Crippen LogP contribution in [0.1, 0.15) is 32.3 Å². The maximum absolute atomic E-state index is 12.9. The quantitative estimate of drug-likeness (QED) is 0.341. The first-order valence-corrected chi connectivity index (χ1v) is 12.0. The minimum Gasteiger partial charge on any atom is -0.280 e. The fourth-order valence-electron chi connectivity index (χ4n) is 2.90. The zero-order valence-electron chi connectivity index (χ0n) is 17.3. The van der Waals surface area contributed by atoms with Crippen LogP contribution in [0.25, 0.3) is 20.9 Å². The Kier molecular flexibility index (Phi) is 5.41. The number of hydrogen-bond acceptors (Lipinski definition) is 8. The summed E-state index contributed by atoms with van der Waals surface area (Å²) in [4.78, 5) is 40.5. The monoisotopic (exact) mass is 459 g/mol. The number of hydrogen-bond donors (Lipinski definition) is 0. The van der Waals surface area contributed by atoms with E-state index < -0.39 is 5.69 Å². The van der Waals surface area contributed by atoms with Gasteiger partial charge in [0.25, 0.3) is 5.56 Å². The van der Waals surface area contributed by atoms with Crippen LogP contribution in [0.2, 0.25) is 0 Å². The highest BCUT2D eigenvalue weighted by Crippen LogP contribution is 2.32. The van der Waals surface area contributed by atoms with Gasteiger partial charge in [-0.2, -0.15) is 0 Å². The van der Waals surface area contributed by atoms with E-state index in [2.05, 4.69) is 11.1 Å². The second kappa shape index (κ2) is 7.75. The molecule has 0 amide bonds. The standard InChI is InChI=1S/C20H21N5O2S3/c1-20(2,3)18-22-14-13(17(26)25(5)19(27)24(14)4)16(23-18)30-10-11-9-29-15(21-11)12-7-6-8-28-12/h6-9H,10H2,1-5H3. The molecule has 10 heteroatoms. The first-order chi connectivity index (χ1) is 14.2. The summed E-state index contributed by atoms with van der Waals surface area (Å²) in [7, 11) is 3.11. The maximum Gasteiger partial charge on any atom is 0.332 e. The molecule has 0 saturated carbocycles. The normalized spacial score (nSPS) is 12.0. The van der Waals surface area contributed by atoms with E-state index in [0.29, 0.717) is 27.6 Å². The smallest absolute Gasteiger partial charge is 0.280 e. The maximum atomic E-state index is 12.9. The number of fused-ring (bicyclic) bond motifs is 1. The van der Waals surface area contributed by atoms with Crippen LogP contribution in [0.5, 0.6) is 0 Å². The van der Waals surface area contributed by atoms with Crippen LogP contribution in [-0.4, -0.2) is 24.1 Å². The summed E-state index contributed by atoms with van der Waals surface area (Å²) in [5, 5.41) is 6.00. The predicted molar refractivity (Wildman–Crippen MR) is 124 cm³/mol. The van der Waals surface area contributed by atoms with Crippen molar-refractivity contribution in [1.82, 2.24) is 24.1 Å². The molecule has 4 aromatic heterocycles. The van der Waals surface area contributed by atoms with E-state index in [1.165, 1.54) is 23.4 Å². The summed E-state index contributed by atoms with van der Waals surface area (Å²) >= 11 is 4.72. The summed E-state index contributed by atoms with van der Waals surface area (Å²) in [6.45, 7) is 6.03. The largest absolute Gasteiger partial charge is 0.332 e. The molecule has 0 spiro atoms. The lowest BCUT2D eigenvalue weighted by Crippen LogP contribution is -2.38. The lowest BCUT2D eigenvalue weighted by molar-refractivity contribution is 0.539. The average Bonchev–Trinajstić information content (AvgIpc) is 3.39. The molecule has 0 fully saturated rings. The van der Waals surface area contributed by atoms with Crippen molar-refractivity contribution in [3.05, 3.63) is 55.2 Å². The lowest BCUT2D eigenvalue weighted by atomic mass is 9.96. The molecule has 4 heterocycles. The van der Waals surface area contributed by atoms with E-state index >= 15 is 0 Å². The Labute approximate surface area is 185 Å². The van der Waals surface area contributed by atoms with Crippen molar-refractivity contribution < 1.29 is 0 Å². The van der Waals surface area contributed by atoms with Gasteiger partial charge in [-0.3, -0.25) is 13.9 Å². The van der Waals surface area contributed by atoms with Gasteiger partial charge in [-0.05, 0) is 11.4 Å². The van der Waals surface area contributed by atoms with Gasteiger partial charge in [-0.25, -0.2) is 19.7 Å². The summed E-state index contributed by atoms with van der Waals surface area (Å²) in [5.41, 5.74) is 0.186. The molecule has 0 bridgehead atoms. The third kappa shape index (κ3) is 3.75. The van der Waals surface area contributed by atoms with Crippen LogP contribution in [0.3, 0.4) is 0 Å². The van der Waals surface area contributed by atoms with Crippen molar-refractivity contribution in [1.29, 1.82) is 0 Å². The molecule has 0 aromatic carbocycles. The van der Waals surface area contributed by atoms with Crippen LogP contribution < -0.4 is 11.2 Å². The number of thiazole rings is 1. The van der Waals surface area contributed by atoms with Crippen molar-refractivity contribution in [2.45, 2.75) is 37.0 Å².